The molecule has 2 aromatic rings. The molecule has 1 atom stereocenters. The molecule has 0 amide bonds. The van der Waals surface area contributed by atoms with Gasteiger partial charge in [-0.15, -0.1) is 0 Å². The Morgan fingerprint density at radius 2 is 2.22 bits per heavy atom. The van der Waals surface area contributed by atoms with Gasteiger partial charge >= 0.3 is 0 Å². The van der Waals surface area contributed by atoms with Crippen LogP contribution in [0.3, 0.4) is 0 Å². The van der Waals surface area contributed by atoms with Crippen molar-refractivity contribution in [2.75, 3.05) is 6.61 Å². The molecule has 0 aliphatic heterocycles. The molecule has 1 aromatic carbocycles. The summed E-state index contributed by atoms with van der Waals surface area (Å²) in [6.45, 7) is 0.352. The van der Waals surface area contributed by atoms with E-state index in [1.165, 1.54) is 12.1 Å². The van der Waals surface area contributed by atoms with Crippen molar-refractivity contribution in [1.29, 1.82) is 0 Å². The SMILES string of the molecule is OC[C@H](NCc1cc(F)ccc1Br)c1ccco1. The largest absolute Gasteiger partial charge is 0.468 e. The number of furan rings is 1. The third-order valence-electron chi connectivity index (χ3n) is 2.62. The highest BCUT2D eigenvalue weighted by atomic mass is 79.9. The lowest BCUT2D eigenvalue weighted by atomic mass is 10.2. The number of nitrogens with one attached hydrogen (secondary N) is 1. The van der Waals surface area contributed by atoms with E-state index in [9.17, 15) is 9.50 Å². The molecule has 0 spiro atoms. The van der Waals surface area contributed by atoms with Crippen molar-refractivity contribution in [1.82, 2.24) is 5.32 Å². The number of benzene rings is 1. The summed E-state index contributed by atoms with van der Waals surface area (Å²) in [7, 11) is 0. The van der Waals surface area contributed by atoms with Crippen LogP contribution < -0.4 is 5.32 Å². The molecule has 2 N–H and O–H groups in total. The van der Waals surface area contributed by atoms with E-state index in [1.54, 1.807) is 24.5 Å². The first-order chi connectivity index (χ1) is 8.70. The molecule has 0 saturated carbocycles. The fraction of sp³-hybridized carbons (Fsp3) is 0.231. The number of hydrogen-bond acceptors (Lipinski definition) is 3. The number of aliphatic hydroxyl groups is 1. The first-order valence-electron chi connectivity index (χ1n) is 5.52. The van der Waals surface area contributed by atoms with Crippen molar-refractivity contribution in [3.8, 4) is 0 Å². The van der Waals surface area contributed by atoms with Gasteiger partial charge in [0, 0.05) is 11.0 Å². The van der Waals surface area contributed by atoms with Gasteiger partial charge in [-0.2, -0.15) is 0 Å². The molecule has 1 aromatic heterocycles. The number of rotatable bonds is 5. The minimum atomic E-state index is -0.296. The maximum absolute atomic E-state index is 13.1. The molecular formula is C13H13BrFNO2. The summed E-state index contributed by atoms with van der Waals surface area (Å²) >= 11 is 3.36. The molecule has 0 bridgehead atoms. The van der Waals surface area contributed by atoms with Gasteiger partial charge in [-0.25, -0.2) is 4.39 Å². The summed E-state index contributed by atoms with van der Waals surface area (Å²) < 4.78 is 19.2. The lowest BCUT2D eigenvalue weighted by Gasteiger charge is -2.14. The molecule has 0 unspecified atom stereocenters. The van der Waals surface area contributed by atoms with Crippen LogP contribution in [-0.4, -0.2) is 11.7 Å². The smallest absolute Gasteiger partial charge is 0.123 e. The summed E-state index contributed by atoms with van der Waals surface area (Å²) in [5, 5.41) is 12.4. The lowest BCUT2D eigenvalue weighted by molar-refractivity contribution is 0.225. The van der Waals surface area contributed by atoms with Crippen LogP contribution in [0, 0.1) is 5.82 Å². The van der Waals surface area contributed by atoms with Crippen LogP contribution in [-0.2, 0) is 6.54 Å². The molecule has 18 heavy (non-hydrogen) atoms. The Morgan fingerprint density at radius 3 is 2.89 bits per heavy atom. The Labute approximate surface area is 113 Å². The molecule has 5 heteroatoms. The van der Waals surface area contributed by atoms with Crippen molar-refractivity contribution in [2.24, 2.45) is 0 Å². The number of halogens is 2. The Balaban J connectivity index is 2.04. The second-order valence-corrected chi connectivity index (χ2v) is 4.72. The molecule has 0 aliphatic carbocycles. The molecule has 1 heterocycles. The van der Waals surface area contributed by atoms with Crippen LogP contribution >= 0.6 is 15.9 Å². The summed E-state index contributed by atoms with van der Waals surface area (Å²) in [6.07, 6.45) is 1.55. The fourth-order valence-corrected chi connectivity index (χ4v) is 2.04. The van der Waals surface area contributed by atoms with Gasteiger partial charge in [-0.3, -0.25) is 0 Å². The van der Waals surface area contributed by atoms with E-state index in [1.807, 2.05) is 0 Å². The second-order valence-electron chi connectivity index (χ2n) is 3.87. The fourth-order valence-electron chi connectivity index (χ4n) is 1.66. The Morgan fingerprint density at radius 1 is 1.39 bits per heavy atom. The molecule has 0 aliphatic rings. The molecule has 96 valence electrons. The molecule has 0 fully saturated rings. The third-order valence-corrected chi connectivity index (χ3v) is 3.39. The van der Waals surface area contributed by atoms with E-state index in [0.717, 1.165) is 10.0 Å². The van der Waals surface area contributed by atoms with Gasteiger partial charge in [0.2, 0.25) is 0 Å². The predicted octanol–water partition coefficient (Wildman–Crippen LogP) is 3.00. The number of hydrogen-bond donors (Lipinski definition) is 2. The van der Waals surface area contributed by atoms with Crippen molar-refractivity contribution < 1.29 is 13.9 Å². The topological polar surface area (TPSA) is 45.4 Å². The van der Waals surface area contributed by atoms with E-state index in [4.69, 9.17) is 4.42 Å². The summed E-state index contributed by atoms with van der Waals surface area (Å²) in [5.74, 6) is 0.374. The van der Waals surface area contributed by atoms with Crippen molar-refractivity contribution >= 4 is 15.9 Å². The molecule has 2 rings (SSSR count). The average molecular weight is 314 g/mol. The van der Waals surface area contributed by atoms with Crippen molar-refractivity contribution in [3.63, 3.8) is 0 Å². The van der Waals surface area contributed by atoms with Crippen molar-refractivity contribution in [2.45, 2.75) is 12.6 Å². The lowest BCUT2D eigenvalue weighted by Crippen LogP contribution is -2.23. The zero-order valence-corrected chi connectivity index (χ0v) is 11.2. The quantitative estimate of drug-likeness (QED) is 0.892. The molecular weight excluding hydrogens is 301 g/mol. The zero-order chi connectivity index (χ0) is 13.0. The van der Waals surface area contributed by atoms with Crippen LogP contribution in [0.2, 0.25) is 0 Å². The van der Waals surface area contributed by atoms with Crippen LogP contribution in [0.15, 0.2) is 45.5 Å². The predicted molar refractivity (Wildman–Crippen MR) is 69.5 cm³/mol. The minimum absolute atomic E-state index is 0.0829. The van der Waals surface area contributed by atoms with Gasteiger partial charge in [0.15, 0.2) is 0 Å². The Hall–Kier alpha value is -1.17. The van der Waals surface area contributed by atoms with Gasteiger partial charge in [0.05, 0.1) is 18.9 Å². The van der Waals surface area contributed by atoms with Gasteiger partial charge in [-0.05, 0) is 35.9 Å². The van der Waals surface area contributed by atoms with E-state index < -0.39 is 0 Å². The summed E-state index contributed by atoms with van der Waals surface area (Å²) in [4.78, 5) is 0. The molecule has 3 nitrogen and oxygen atoms in total. The summed E-state index contributed by atoms with van der Waals surface area (Å²) in [5.41, 5.74) is 0.792. The first kappa shape index (κ1) is 13.3. The first-order valence-corrected chi connectivity index (χ1v) is 6.31. The van der Waals surface area contributed by atoms with Gasteiger partial charge in [0.1, 0.15) is 11.6 Å². The Bertz CT molecular complexity index is 502. The van der Waals surface area contributed by atoms with E-state index in [0.29, 0.717) is 12.3 Å². The second kappa shape index (κ2) is 6.13. The van der Waals surface area contributed by atoms with Crippen LogP contribution in [0.25, 0.3) is 0 Å². The van der Waals surface area contributed by atoms with Gasteiger partial charge in [-0.1, -0.05) is 15.9 Å². The van der Waals surface area contributed by atoms with Gasteiger partial charge in [0.25, 0.3) is 0 Å². The maximum Gasteiger partial charge on any atom is 0.123 e. The molecule has 0 saturated heterocycles. The molecule has 0 radical (unpaired) electrons. The highest BCUT2D eigenvalue weighted by molar-refractivity contribution is 9.10. The van der Waals surface area contributed by atoms with Crippen molar-refractivity contribution in [3.05, 3.63) is 58.2 Å². The number of aliphatic hydroxyl groups excluding tert-OH is 1. The zero-order valence-electron chi connectivity index (χ0n) is 9.57. The van der Waals surface area contributed by atoms with Crippen LogP contribution in [0.4, 0.5) is 4.39 Å². The highest BCUT2D eigenvalue weighted by Gasteiger charge is 2.13. The maximum atomic E-state index is 13.1. The van der Waals surface area contributed by atoms with E-state index in [-0.39, 0.29) is 18.5 Å². The average Bonchev–Trinajstić information content (AvgIpc) is 2.88. The Kier molecular flexibility index (Phi) is 4.52. The van der Waals surface area contributed by atoms with E-state index >= 15 is 0 Å². The van der Waals surface area contributed by atoms with Crippen LogP contribution in [0.1, 0.15) is 17.4 Å². The van der Waals surface area contributed by atoms with E-state index in [2.05, 4.69) is 21.2 Å². The van der Waals surface area contributed by atoms with Gasteiger partial charge < -0.3 is 14.8 Å². The normalized spacial score (nSPS) is 12.6. The minimum Gasteiger partial charge on any atom is -0.468 e. The highest BCUT2D eigenvalue weighted by Crippen LogP contribution is 2.19. The standard InChI is InChI=1S/C13H13BrFNO2/c14-11-4-3-10(15)6-9(11)7-16-12(8-17)13-2-1-5-18-13/h1-6,12,16-17H,7-8H2/t12-/m0/s1. The third kappa shape index (κ3) is 3.19. The van der Waals surface area contributed by atoms with Crippen LogP contribution in [0.5, 0.6) is 0 Å². The monoisotopic (exact) mass is 313 g/mol. The summed E-state index contributed by atoms with van der Waals surface area (Å²) in [6, 6.07) is 7.76.